The molecule has 48 heavy (non-hydrogen) atoms. The maximum absolute atomic E-state index is 2.87. The quantitative estimate of drug-likeness (QED) is 0.206. The van der Waals surface area contributed by atoms with Gasteiger partial charge in [0.1, 0.15) is 0 Å². The summed E-state index contributed by atoms with van der Waals surface area (Å²) < 4.78 is 0. The first-order valence-electron chi connectivity index (χ1n) is 22.9. The van der Waals surface area contributed by atoms with Crippen LogP contribution in [0.4, 0.5) is 0 Å². The van der Waals surface area contributed by atoms with E-state index in [-0.39, 0.29) is 0 Å². The molecule has 6 aliphatic carbocycles. The molecule has 0 saturated heterocycles. The average molecular weight is 663 g/mol. The van der Waals surface area contributed by atoms with Crippen LogP contribution >= 0.6 is 0 Å². The summed E-state index contributed by atoms with van der Waals surface area (Å²) in [6.45, 7) is 19.7. The van der Waals surface area contributed by atoms with Crippen molar-refractivity contribution >= 4 is 0 Å². The van der Waals surface area contributed by atoms with E-state index in [1.807, 2.05) is 0 Å². The molecule has 0 aromatic carbocycles. The molecule has 7 unspecified atom stereocenters. The van der Waals surface area contributed by atoms with Crippen molar-refractivity contribution in [2.45, 2.75) is 241 Å². The van der Waals surface area contributed by atoms with Crippen LogP contribution in [0.3, 0.4) is 0 Å². The second-order valence-electron chi connectivity index (χ2n) is 22.2. The summed E-state index contributed by atoms with van der Waals surface area (Å²) in [5, 5.41) is 0. The van der Waals surface area contributed by atoms with Gasteiger partial charge < -0.3 is 0 Å². The second-order valence-corrected chi connectivity index (χ2v) is 22.2. The van der Waals surface area contributed by atoms with Gasteiger partial charge in [-0.2, -0.15) is 0 Å². The molecule has 0 aliphatic heterocycles. The first kappa shape index (κ1) is 37.7. The Morgan fingerprint density at radius 1 is 0.396 bits per heavy atom. The van der Waals surface area contributed by atoms with Gasteiger partial charge in [0, 0.05) is 0 Å². The smallest absolute Gasteiger partial charge is 0.0241 e. The molecule has 0 heteroatoms. The van der Waals surface area contributed by atoms with Crippen molar-refractivity contribution in [3.8, 4) is 0 Å². The fourth-order valence-electron chi connectivity index (χ4n) is 15.1. The highest BCUT2D eigenvalue weighted by molar-refractivity contribution is 5.07. The van der Waals surface area contributed by atoms with Crippen molar-refractivity contribution in [2.24, 2.45) is 62.1 Å². The molecule has 6 rings (SSSR count). The maximum Gasteiger partial charge on any atom is -0.0241 e. The van der Waals surface area contributed by atoms with Gasteiger partial charge in [-0.15, -0.1) is 0 Å². The van der Waals surface area contributed by atoms with Crippen molar-refractivity contribution < 1.29 is 0 Å². The van der Waals surface area contributed by atoms with Crippen molar-refractivity contribution in [3.63, 3.8) is 0 Å². The molecule has 6 fully saturated rings. The third kappa shape index (κ3) is 7.56. The molecule has 7 atom stereocenters. The molecule has 0 aromatic heterocycles. The van der Waals surface area contributed by atoms with Crippen LogP contribution in [0.2, 0.25) is 0 Å². The molecule has 6 saturated carbocycles. The van der Waals surface area contributed by atoms with Crippen molar-refractivity contribution in [1.82, 2.24) is 0 Å². The highest BCUT2D eigenvalue weighted by Crippen LogP contribution is 2.67. The molecule has 0 spiro atoms. The zero-order chi connectivity index (χ0) is 34.1. The van der Waals surface area contributed by atoms with E-state index in [0.717, 1.165) is 29.6 Å². The van der Waals surface area contributed by atoms with Crippen LogP contribution in [0, 0.1) is 62.1 Å². The largest absolute Gasteiger partial charge is 0.0620 e. The van der Waals surface area contributed by atoms with Gasteiger partial charge in [0.25, 0.3) is 0 Å². The summed E-state index contributed by atoms with van der Waals surface area (Å²) >= 11 is 0. The Bertz CT molecular complexity index is 991. The van der Waals surface area contributed by atoms with Crippen LogP contribution in [-0.4, -0.2) is 0 Å². The summed E-state index contributed by atoms with van der Waals surface area (Å²) in [4.78, 5) is 0. The van der Waals surface area contributed by atoms with Crippen molar-refractivity contribution in [2.75, 3.05) is 0 Å². The van der Waals surface area contributed by atoms with Gasteiger partial charge in [-0.05, 0) is 158 Å². The molecule has 0 bridgehead atoms. The van der Waals surface area contributed by atoms with Crippen molar-refractivity contribution in [1.29, 1.82) is 0 Å². The summed E-state index contributed by atoms with van der Waals surface area (Å²) in [6, 6.07) is 0. The predicted octanol–water partition coefficient (Wildman–Crippen LogP) is 15.9. The molecular formula is C48H86. The van der Waals surface area contributed by atoms with Crippen LogP contribution in [0.25, 0.3) is 0 Å². The third-order valence-electron chi connectivity index (χ3n) is 19.4. The first-order valence-corrected chi connectivity index (χ1v) is 22.9. The lowest BCUT2D eigenvalue weighted by Gasteiger charge is -2.63. The van der Waals surface area contributed by atoms with Gasteiger partial charge in [-0.1, -0.05) is 145 Å². The molecule has 0 nitrogen and oxygen atoms in total. The van der Waals surface area contributed by atoms with E-state index in [4.69, 9.17) is 0 Å². The average Bonchev–Trinajstić information content (AvgIpc) is 3.07. The lowest BCUT2D eigenvalue weighted by atomic mass is 9.42. The van der Waals surface area contributed by atoms with E-state index in [1.54, 1.807) is 19.3 Å². The molecule has 0 N–H and O–H groups in total. The fraction of sp³-hybridized carbons (Fsp3) is 1.00. The lowest BCUT2D eigenvalue weighted by molar-refractivity contribution is -0.131. The summed E-state index contributed by atoms with van der Waals surface area (Å²) in [5.41, 5.74) is 3.44. The Balaban J connectivity index is 1.37. The Hall–Kier alpha value is 0. The standard InChI is InChI=1S/C48H86/c1-38(43(2)24-12-8-13-25-43)35-39(44(3)26-14-9-15-27-44)36-40(45(4)28-16-10-17-29-45)37-42(46(5)30-18-11-19-31-46)41-23-22-33-47(6)32-20-21-34-48(41,47)7/h38-42H,8-37H2,1-7H3. The van der Waals surface area contributed by atoms with E-state index in [9.17, 15) is 0 Å². The van der Waals surface area contributed by atoms with E-state index in [1.165, 1.54) is 173 Å². The van der Waals surface area contributed by atoms with E-state index in [0.29, 0.717) is 32.5 Å². The van der Waals surface area contributed by atoms with Gasteiger partial charge in [0.2, 0.25) is 0 Å². The first-order chi connectivity index (χ1) is 22.9. The van der Waals surface area contributed by atoms with E-state index < -0.39 is 0 Å². The molecular weight excluding hydrogens is 577 g/mol. The number of hydrogen-bond donors (Lipinski definition) is 0. The molecule has 0 radical (unpaired) electrons. The van der Waals surface area contributed by atoms with Gasteiger partial charge >= 0.3 is 0 Å². The van der Waals surface area contributed by atoms with Crippen LogP contribution in [0.1, 0.15) is 241 Å². The van der Waals surface area contributed by atoms with E-state index >= 15 is 0 Å². The minimum Gasteiger partial charge on any atom is -0.0620 e. The minimum atomic E-state index is 0.561. The topological polar surface area (TPSA) is 0 Å². The fourth-order valence-corrected chi connectivity index (χ4v) is 15.1. The number of rotatable bonds is 11. The molecule has 6 aliphatic rings. The van der Waals surface area contributed by atoms with Gasteiger partial charge in [0.05, 0.1) is 0 Å². The SMILES string of the molecule is CC(CC(CC(CC(C1CCCC2(C)CCCCC12C)C1(C)CCCCC1)C1(C)CCCCC1)C1(C)CCCCC1)C1(C)CCCCC1. The number of fused-ring (bicyclic) bond motifs is 1. The Kier molecular flexibility index (Phi) is 11.9. The summed E-state index contributed by atoms with van der Waals surface area (Å²) in [7, 11) is 0. The monoisotopic (exact) mass is 663 g/mol. The van der Waals surface area contributed by atoms with Crippen LogP contribution < -0.4 is 0 Å². The minimum absolute atomic E-state index is 0.561. The Morgan fingerprint density at radius 2 is 0.792 bits per heavy atom. The zero-order valence-electron chi connectivity index (χ0n) is 34.1. The highest BCUT2D eigenvalue weighted by atomic mass is 14.6. The van der Waals surface area contributed by atoms with Gasteiger partial charge in [-0.3, -0.25) is 0 Å². The van der Waals surface area contributed by atoms with Crippen LogP contribution in [0.5, 0.6) is 0 Å². The normalized spacial score (nSPS) is 37.4. The van der Waals surface area contributed by atoms with Crippen LogP contribution in [0.15, 0.2) is 0 Å². The summed E-state index contributed by atoms with van der Waals surface area (Å²) in [6.07, 6.45) is 45.4. The van der Waals surface area contributed by atoms with Gasteiger partial charge in [0.15, 0.2) is 0 Å². The Labute approximate surface area is 302 Å². The number of hydrogen-bond acceptors (Lipinski definition) is 0. The van der Waals surface area contributed by atoms with E-state index in [2.05, 4.69) is 48.5 Å². The molecule has 0 amide bonds. The molecule has 0 aromatic rings. The molecule has 0 heterocycles. The molecule has 278 valence electrons. The Morgan fingerprint density at radius 3 is 1.31 bits per heavy atom. The predicted molar refractivity (Wildman–Crippen MR) is 210 cm³/mol. The van der Waals surface area contributed by atoms with Crippen LogP contribution in [-0.2, 0) is 0 Å². The lowest BCUT2D eigenvalue weighted by Crippen LogP contribution is -2.54. The van der Waals surface area contributed by atoms with Crippen molar-refractivity contribution in [3.05, 3.63) is 0 Å². The third-order valence-corrected chi connectivity index (χ3v) is 19.4. The zero-order valence-corrected chi connectivity index (χ0v) is 34.1. The summed E-state index contributed by atoms with van der Waals surface area (Å²) in [5.74, 6) is 4.64. The second kappa shape index (κ2) is 15.2. The highest BCUT2D eigenvalue weighted by Gasteiger charge is 2.58. The van der Waals surface area contributed by atoms with Gasteiger partial charge in [-0.25, -0.2) is 0 Å². The maximum atomic E-state index is 2.87.